The van der Waals surface area contributed by atoms with Gasteiger partial charge in [0.05, 0.1) is 11.7 Å². The van der Waals surface area contributed by atoms with Gasteiger partial charge in [0.25, 0.3) is 12.3 Å². The Morgan fingerprint density at radius 3 is 2.51 bits per heavy atom. The largest absolute Gasteiger partial charge is 0.445 e. The van der Waals surface area contributed by atoms with Crippen molar-refractivity contribution in [2.24, 2.45) is 0 Å². The second-order valence-electron chi connectivity index (χ2n) is 9.46. The molecule has 1 aliphatic carbocycles. The van der Waals surface area contributed by atoms with Gasteiger partial charge in [-0.3, -0.25) is 4.79 Å². The second-order valence-corrected chi connectivity index (χ2v) is 9.46. The van der Waals surface area contributed by atoms with E-state index in [1.54, 1.807) is 18.2 Å². The van der Waals surface area contributed by atoms with Crippen molar-refractivity contribution < 1.29 is 14.6 Å². The fourth-order valence-electron chi connectivity index (χ4n) is 4.91. The number of nitrogens with zero attached hydrogens (tertiary/aromatic N) is 2. The van der Waals surface area contributed by atoms with Gasteiger partial charge in [-0.1, -0.05) is 42.5 Å². The zero-order valence-electron chi connectivity index (χ0n) is 20.3. The Balaban J connectivity index is 1.10. The van der Waals surface area contributed by atoms with E-state index < -0.39 is 6.41 Å². The molecule has 37 heavy (non-hydrogen) atoms. The van der Waals surface area contributed by atoms with E-state index in [9.17, 15) is 9.90 Å². The van der Waals surface area contributed by atoms with Crippen LogP contribution < -0.4 is 20.7 Å². The van der Waals surface area contributed by atoms with E-state index in [0.29, 0.717) is 29.0 Å². The normalized spacial score (nSPS) is 16.8. The zero-order valence-corrected chi connectivity index (χ0v) is 20.3. The lowest BCUT2D eigenvalue weighted by atomic mass is 10.0. The van der Waals surface area contributed by atoms with Crippen molar-refractivity contribution in [1.29, 1.82) is 0 Å². The van der Waals surface area contributed by atoms with Crippen LogP contribution in [0, 0.1) is 0 Å². The van der Waals surface area contributed by atoms with Gasteiger partial charge in [-0.15, -0.1) is 0 Å². The van der Waals surface area contributed by atoms with Crippen molar-refractivity contribution in [2.75, 3.05) is 10.6 Å². The first-order chi connectivity index (χ1) is 18.0. The van der Waals surface area contributed by atoms with Crippen LogP contribution >= 0.6 is 0 Å². The molecular weight excluding hydrogens is 466 g/mol. The van der Waals surface area contributed by atoms with Crippen LogP contribution in [0.25, 0.3) is 11.1 Å². The molecule has 4 N–H and O–H groups in total. The van der Waals surface area contributed by atoms with Gasteiger partial charge >= 0.3 is 0 Å². The molecule has 2 atom stereocenters. The van der Waals surface area contributed by atoms with Crippen molar-refractivity contribution in [3.05, 3.63) is 101 Å². The molecule has 0 radical (unpaired) electrons. The minimum atomic E-state index is -1.09. The molecule has 1 aromatic heterocycles. The van der Waals surface area contributed by atoms with Crippen molar-refractivity contribution >= 4 is 17.5 Å². The van der Waals surface area contributed by atoms with E-state index in [-0.39, 0.29) is 11.9 Å². The third-order valence-corrected chi connectivity index (χ3v) is 6.87. The quantitative estimate of drug-likeness (QED) is 0.317. The zero-order chi connectivity index (χ0) is 25.4. The van der Waals surface area contributed by atoms with Crippen LogP contribution in [0.4, 0.5) is 11.6 Å². The third kappa shape index (κ3) is 4.83. The third-order valence-electron chi connectivity index (χ3n) is 6.87. The van der Waals surface area contributed by atoms with E-state index in [1.807, 2.05) is 43.6 Å². The first kappa shape index (κ1) is 23.0. The number of aromatic nitrogens is 2. The summed E-state index contributed by atoms with van der Waals surface area (Å²) in [5, 5.41) is 18.8. The molecule has 8 heteroatoms. The molecule has 0 spiro atoms. The monoisotopic (exact) mass is 493 g/mol. The lowest BCUT2D eigenvalue weighted by molar-refractivity contribution is 0.0210. The van der Waals surface area contributed by atoms with Crippen molar-refractivity contribution in [1.82, 2.24) is 15.3 Å². The lowest BCUT2D eigenvalue weighted by Crippen LogP contribution is -2.26. The number of nitrogens with one attached hydrogen (secondary N) is 3. The summed E-state index contributed by atoms with van der Waals surface area (Å²) in [6, 6.07) is 21.6. The molecule has 0 saturated carbocycles. The highest BCUT2D eigenvalue weighted by molar-refractivity contribution is 5.95. The van der Waals surface area contributed by atoms with Gasteiger partial charge in [0.1, 0.15) is 5.75 Å². The summed E-state index contributed by atoms with van der Waals surface area (Å²) in [6.45, 7) is 1.94. The summed E-state index contributed by atoms with van der Waals surface area (Å²) in [6.07, 6.45) is 4.51. The van der Waals surface area contributed by atoms with E-state index in [4.69, 9.17) is 4.74 Å². The van der Waals surface area contributed by atoms with Crippen LogP contribution in [-0.4, -0.2) is 33.4 Å². The van der Waals surface area contributed by atoms with Gasteiger partial charge in [0.2, 0.25) is 5.95 Å². The summed E-state index contributed by atoms with van der Waals surface area (Å²) < 4.78 is 5.26. The highest BCUT2D eigenvalue weighted by Gasteiger charge is 2.22. The average Bonchev–Trinajstić information content (AvgIpc) is 3.50. The molecule has 0 fully saturated rings. The maximum absolute atomic E-state index is 12.8. The van der Waals surface area contributed by atoms with E-state index in [2.05, 4.69) is 50.2 Å². The van der Waals surface area contributed by atoms with Crippen molar-refractivity contribution in [3.63, 3.8) is 0 Å². The van der Waals surface area contributed by atoms with Crippen LogP contribution in [0.1, 0.15) is 40.0 Å². The second kappa shape index (κ2) is 9.55. The smallest absolute Gasteiger partial charge is 0.279 e. The summed E-state index contributed by atoms with van der Waals surface area (Å²) >= 11 is 0. The highest BCUT2D eigenvalue weighted by atomic mass is 16.6. The predicted octanol–water partition coefficient (Wildman–Crippen LogP) is 4.29. The van der Waals surface area contributed by atoms with E-state index in [1.165, 1.54) is 11.1 Å². The van der Waals surface area contributed by atoms with E-state index in [0.717, 1.165) is 29.5 Å². The Bertz CT molecular complexity index is 1430. The van der Waals surface area contributed by atoms with Gasteiger partial charge in [-0.05, 0) is 66.3 Å². The van der Waals surface area contributed by atoms with Crippen LogP contribution in [-0.2, 0) is 12.8 Å². The number of hydrogen-bond donors (Lipinski definition) is 4. The van der Waals surface area contributed by atoms with Crippen LogP contribution in [0.2, 0.25) is 0 Å². The van der Waals surface area contributed by atoms with Gasteiger partial charge in [0, 0.05) is 29.6 Å². The summed E-state index contributed by atoms with van der Waals surface area (Å²) in [4.78, 5) is 21.9. The van der Waals surface area contributed by atoms with Gasteiger partial charge in [0.15, 0.2) is 0 Å². The maximum atomic E-state index is 12.8. The standard InChI is InChI=1S/C29H27N5O3/c1-17(32-27(35)22-9-10-25-26(14-22)37-29(36)34-25)18-7-4-8-19(11-18)23-15-30-28(31-16-23)33-24-12-20-5-2-3-6-21(20)13-24/h2-11,14-17,24,29,34,36H,12-13H2,1H3,(H,32,35)(H,30,31,33)/t17-,29?/m1/s1. The van der Waals surface area contributed by atoms with Crippen molar-refractivity contribution in [3.8, 4) is 16.9 Å². The molecule has 2 heterocycles. The van der Waals surface area contributed by atoms with E-state index >= 15 is 0 Å². The number of anilines is 2. The number of fused-ring (bicyclic) bond motifs is 2. The maximum Gasteiger partial charge on any atom is 0.279 e. The number of aliphatic hydroxyl groups excluding tert-OH is 1. The van der Waals surface area contributed by atoms with Crippen LogP contribution in [0.5, 0.6) is 5.75 Å². The Morgan fingerprint density at radius 2 is 1.76 bits per heavy atom. The molecule has 1 amide bonds. The number of aliphatic hydroxyl groups is 1. The number of ether oxygens (including phenoxy) is 1. The van der Waals surface area contributed by atoms with Crippen molar-refractivity contribution in [2.45, 2.75) is 38.3 Å². The summed E-state index contributed by atoms with van der Waals surface area (Å²) in [5.41, 5.74) is 6.73. The molecule has 1 unspecified atom stereocenters. The first-order valence-electron chi connectivity index (χ1n) is 12.3. The number of benzene rings is 3. The SMILES string of the molecule is C[C@@H](NC(=O)c1ccc2c(c1)OC(O)N2)c1cccc(-c2cnc(NC3Cc4ccccc4C3)nc2)c1. The summed E-state index contributed by atoms with van der Waals surface area (Å²) in [7, 11) is 0. The molecule has 0 bridgehead atoms. The Labute approximate surface area is 214 Å². The fourth-order valence-corrected chi connectivity index (χ4v) is 4.91. The number of hydrogen-bond acceptors (Lipinski definition) is 7. The van der Waals surface area contributed by atoms with Crippen LogP contribution in [0.3, 0.4) is 0 Å². The number of amides is 1. The van der Waals surface area contributed by atoms with Gasteiger partial charge in [-0.2, -0.15) is 0 Å². The Hall–Kier alpha value is -4.43. The minimum Gasteiger partial charge on any atom is -0.445 e. The number of carbonyl (C=O) groups excluding carboxylic acids is 1. The number of rotatable bonds is 6. The van der Waals surface area contributed by atoms with Gasteiger partial charge in [-0.25, -0.2) is 9.97 Å². The Kier molecular flexibility index (Phi) is 5.94. The molecule has 1 aliphatic heterocycles. The molecule has 4 aromatic rings. The molecule has 186 valence electrons. The minimum absolute atomic E-state index is 0.224. The van der Waals surface area contributed by atoms with Crippen LogP contribution in [0.15, 0.2) is 79.1 Å². The molecule has 8 nitrogen and oxygen atoms in total. The lowest BCUT2D eigenvalue weighted by Gasteiger charge is -2.16. The molecule has 6 rings (SSSR count). The van der Waals surface area contributed by atoms with Gasteiger partial charge < -0.3 is 25.8 Å². The Morgan fingerprint density at radius 1 is 1.00 bits per heavy atom. The number of carbonyl (C=O) groups is 1. The fraction of sp³-hybridized carbons (Fsp3) is 0.207. The highest BCUT2D eigenvalue weighted by Crippen LogP contribution is 2.32. The molecule has 0 saturated heterocycles. The topological polar surface area (TPSA) is 108 Å². The predicted molar refractivity (Wildman–Crippen MR) is 141 cm³/mol. The molecule has 3 aromatic carbocycles. The summed E-state index contributed by atoms with van der Waals surface area (Å²) in [5.74, 6) is 0.850. The average molecular weight is 494 g/mol. The first-order valence-corrected chi connectivity index (χ1v) is 12.3. The molecular formula is C29H27N5O3. The molecule has 2 aliphatic rings.